The second-order valence-corrected chi connectivity index (χ2v) is 9.46. The van der Waals surface area contributed by atoms with E-state index in [1.54, 1.807) is 37.3 Å². The molecule has 3 aromatic heterocycles. The molecule has 0 amide bonds. The number of aromatic amines is 1. The fourth-order valence-corrected chi connectivity index (χ4v) is 5.43. The highest BCUT2D eigenvalue weighted by atomic mass is 19.4. The number of fused-ring (bicyclic) bond motifs is 2. The van der Waals surface area contributed by atoms with Crippen molar-refractivity contribution in [1.29, 1.82) is 0 Å². The van der Waals surface area contributed by atoms with Gasteiger partial charge in [-0.1, -0.05) is 55.3 Å². The molecule has 1 saturated carbocycles. The molecule has 0 unspecified atom stereocenters. The van der Waals surface area contributed by atoms with Crippen LogP contribution in [0.3, 0.4) is 0 Å². The molecule has 184 valence electrons. The van der Waals surface area contributed by atoms with Gasteiger partial charge in [-0.25, -0.2) is 4.98 Å². The fraction of sp³-hybridized carbons (Fsp3) is 0.296. The van der Waals surface area contributed by atoms with Crippen LogP contribution >= 0.6 is 0 Å². The van der Waals surface area contributed by atoms with E-state index in [-0.39, 0.29) is 16.8 Å². The maximum atomic E-state index is 14.1. The minimum Gasteiger partial charge on any atom is -0.342 e. The van der Waals surface area contributed by atoms with Gasteiger partial charge in [0.2, 0.25) is 0 Å². The summed E-state index contributed by atoms with van der Waals surface area (Å²) in [7, 11) is 0. The Bertz CT molecular complexity index is 1640. The van der Waals surface area contributed by atoms with Crippen molar-refractivity contribution >= 4 is 16.7 Å². The third-order valence-electron chi connectivity index (χ3n) is 7.10. The predicted octanol–water partition coefficient (Wildman–Crippen LogP) is 6.22. The first-order chi connectivity index (χ1) is 17.3. The van der Waals surface area contributed by atoms with Gasteiger partial charge in [-0.3, -0.25) is 4.79 Å². The number of hydrogen-bond donors (Lipinski definition) is 1. The lowest BCUT2D eigenvalue weighted by molar-refractivity contribution is -0.140. The first-order valence-corrected chi connectivity index (χ1v) is 12.1. The monoisotopic (exact) mass is 491 g/mol. The molecule has 0 saturated heterocycles. The second kappa shape index (κ2) is 8.36. The lowest BCUT2D eigenvalue weighted by Gasteiger charge is -2.15. The van der Waals surface area contributed by atoms with Crippen LogP contribution in [0.25, 0.3) is 39.2 Å². The molecule has 9 heteroatoms. The molecule has 1 aliphatic carbocycles. The first kappa shape index (κ1) is 22.6. The van der Waals surface area contributed by atoms with Crippen LogP contribution in [0.1, 0.15) is 37.1 Å². The third-order valence-corrected chi connectivity index (χ3v) is 7.10. The minimum absolute atomic E-state index is 0.0122. The average molecular weight is 492 g/mol. The number of alkyl halides is 3. The Kier molecular flexibility index (Phi) is 5.24. The molecular weight excluding hydrogens is 467 g/mol. The van der Waals surface area contributed by atoms with E-state index in [9.17, 15) is 18.0 Å². The van der Waals surface area contributed by atoms with Gasteiger partial charge in [0.05, 0.1) is 16.6 Å². The number of hydrogen-bond acceptors (Lipinski definition) is 3. The summed E-state index contributed by atoms with van der Waals surface area (Å²) >= 11 is 0. The van der Waals surface area contributed by atoms with Crippen molar-refractivity contribution < 1.29 is 13.2 Å². The van der Waals surface area contributed by atoms with Gasteiger partial charge in [-0.2, -0.15) is 22.8 Å². The number of H-pyrrole nitrogens is 1. The topological polar surface area (TPSA) is 68.0 Å². The number of aryl methyl sites for hydroxylation is 1. The second-order valence-electron chi connectivity index (χ2n) is 9.46. The molecule has 36 heavy (non-hydrogen) atoms. The Labute approximate surface area is 204 Å². The van der Waals surface area contributed by atoms with E-state index < -0.39 is 17.4 Å². The zero-order valence-electron chi connectivity index (χ0n) is 19.6. The van der Waals surface area contributed by atoms with E-state index in [1.165, 1.54) is 12.8 Å². The van der Waals surface area contributed by atoms with Crippen LogP contribution in [0.5, 0.6) is 0 Å². The Morgan fingerprint density at radius 3 is 2.42 bits per heavy atom. The highest BCUT2D eigenvalue weighted by molar-refractivity contribution is 5.83. The summed E-state index contributed by atoms with van der Waals surface area (Å²) in [6.45, 7) is 2.40. The van der Waals surface area contributed by atoms with Crippen LogP contribution in [-0.4, -0.2) is 24.1 Å². The molecule has 0 bridgehead atoms. The molecule has 1 fully saturated rings. The molecule has 2 aromatic carbocycles. The molecule has 5 aromatic rings. The van der Waals surface area contributed by atoms with E-state index in [4.69, 9.17) is 4.98 Å². The van der Waals surface area contributed by atoms with Crippen molar-refractivity contribution in [1.82, 2.24) is 24.1 Å². The Morgan fingerprint density at radius 1 is 1.00 bits per heavy atom. The SMILES string of the molecule is Cc1[nH]c2c(-c3ccccc3)c(C(F)(F)F)nn2c(=O)c1-c1nc2ccccc2n1CC1CCCC1. The minimum atomic E-state index is -4.73. The Balaban J connectivity index is 1.62. The maximum Gasteiger partial charge on any atom is 0.435 e. The summed E-state index contributed by atoms with van der Waals surface area (Å²) in [6, 6.07) is 15.9. The molecular formula is C27H24F3N5O. The van der Waals surface area contributed by atoms with Gasteiger partial charge in [-0.05, 0) is 43.4 Å². The molecule has 6 nitrogen and oxygen atoms in total. The van der Waals surface area contributed by atoms with Gasteiger partial charge in [0, 0.05) is 12.2 Å². The molecule has 0 spiro atoms. The van der Waals surface area contributed by atoms with Crippen LogP contribution in [0.15, 0.2) is 59.4 Å². The Hall–Kier alpha value is -3.88. The summed E-state index contributed by atoms with van der Waals surface area (Å²) in [4.78, 5) is 21.6. The largest absolute Gasteiger partial charge is 0.435 e. The summed E-state index contributed by atoms with van der Waals surface area (Å²) in [6.07, 6.45) is -0.174. The van der Waals surface area contributed by atoms with Crippen LogP contribution in [0.2, 0.25) is 0 Å². The quantitative estimate of drug-likeness (QED) is 0.324. The summed E-state index contributed by atoms with van der Waals surface area (Å²) in [5, 5.41) is 3.78. The molecule has 3 heterocycles. The lowest BCUT2D eigenvalue weighted by atomic mass is 10.1. The van der Waals surface area contributed by atoms with Crippen molar-refractivity contribution in [2.75, 3.05) is 0 Å². The fourth-order valence-electron chi connectivity index (χ4n) is 5.43. The normalized spacial score (nSPS) is 14.9. The number of benzene rings is 2. The summed E-state index contributed by atoms with van der Waals surface area (Å²) < 4.78 is 45.0. The van der Waals surface area contributed by atoms with Gasteiger partial charge in [0.25, 0.3) is 5.56 Å². The van der Waals surface area contributed by atoms with E-state index in [0.717, 1.165) is 28.4 Å². The van der Waals surface area contributed by atoms with E-state index in [1.807, 2.05) is 28.8 Å². The zero-order valence-corrected chi connectivity index (χ0v) is 19.6. The highest BCUT2D eigenvalue weighted by Crippen LogP contribution is 2.39. The van der Waals surface area contributed by atoms with Crippen molar-refractivity contribution in [2.24, 2.45) is 5.92 Å². The molecule has 6 rings (SSSR count). The average Bonchev–Trinajstić information content (AvgIpc) is 3.58. The van der Waals surface area contributed by atoms with Crippen LogP contribution < -0.4 is 5.56 Å². The van der Waals surface area contributed by atoms with Gasteiger partial charge in [-0.15, -0.1) is 0 Å². The maximum absolute atomic E-state index is 14.1. The van der Waals surface area contributed by atoms with Crippen molar-refractivity contribution in [3.63, 3.8) is 0 Å². The van der Waals surface area contributed by atoms with Crippen molar-refractivity contribution in [3.8, 4) is 22.5 Å². The number of para-hydroxylation sites is 2. The van der Waals surface area contributed by atoms with Crippen molar-refractivity contribution in [2.45, 2.75) is 45.3 Å². The van der Waals surface area contributed by atoms with Gasteiger partial charge >= 0.3 is 6.18 Å². The Morgan fingerprint density at radius 2 is 1.69 bits per heavy atom. The van der Waals surface area contributed by atoms with Crippen LogP contribution in [0.4, 0.5) is 13.2 Å². The number of rotatable bonds is 4. The molecule has 1 N–H and O–H groups in total. The number of nitrogens with one attached hydrogen (secondary N) is 1. The van der Waals surface area contributed by atoms with Crippen molar-refractivity contribution in [3.05, 3.63) is 76.3 Å². The van der Waals surface area contributed by atoms with Crippen LogP contribution in [-0.2, 0) is 12.7 Å². The molecule has 0 radical (unpaired) electrons. The smallest absolute Gasteiger partial charge is 0.342 e. The number of imidazole rings is 1. The van der Waals surface area contributed by atoms with E-state index in [0.29, 0.717) is 29.5 Å². The first-order valence-electron chi connectivity index (χ1n) is 12.1. The number of halogens is 3. The standard InChI is InChI=1S/C27H24F3N5O/c1-16-21(24-32-19-13-7-8-14-20(19)34(24)15-17-9-5-6-10-17)26(36)35-25(31-16)22(18-11-3-2-4-12-18)23(33-35)27(28,29)30/h2-4,7-8,11-14,17,31H,5-6,9-10,15H2,1H3. The zero-order chi connectivity index (χ0) is 25.0. The highest BCUT2D eigenvalue weighted by Gasteiger charge is 2.39. The molecule has 0 aliphatic heterocycles. The molecule has 0 atom stereocenters. The predicted molar refractivity (Wildman–Crippen MR) is 132 cm³/mol. The molecule has 1 aliphatic rings. The van der Waals surface area contributed by atoms with Gasteiger partial charge in [0.1, 0.15) is 17.0 Å². The lowest BCUT2D eigenvalue weighted by Crippen LogP contribution is -2.22. The van der Waals surface area contributed by atoms with E-state index in [2.05, 4.69) is 10.1 Å². The van der Waals surface area contributed by atoms with Crippen LogP contribution in [0, 0.1) is 12.8 Å². The third kappa shape index (κ3) is 3.61. The van der Waals surface area contributed by atoms with Gasteiger partial charge in [0.15, 0.2) is 5.69 Å². The van der Waals surface area contributed by atoms with E-state index >= 15 is 0 Å². The number of aromatic nitrogens is 5. The summed E-state index contributed by atoms with van der Waals surface area (Å²) in [5.41, 5.74) is 0.790. The summed E-state index contributed by atoms with van der Waals surface area (Å²) in [5.74, 6) is 0.921. The number of nitrogens with zero attached hydrogens (tertiary/aromatic N) is 4. The van der Waals surface area contributed by atoms with Gasteiger partial charge < -0.3 is 9.55 Å².